The van der Waals surface area contributed by atoms with Crippen molar-refractivity contribution in [2.45, 2.75) is 37.8 Å². The van der Waals surface area contributed by atoms with Gasteiger partial charge in [-0.1, -0.05) is 31.5 Å². The second-order valence-electron chi connectivity index (χ2n) is 4.32. The first-order chi connectivity index (χ1) is 7.61. The molecular formula is C13H21NOS. The molecule has 3 heteroatoms. The van der Waals surface area contributed by atoms with Gasteiger partial charge in [0.25, 0.3) is 0 Å². The molecule has 1 aromatic carbocycles. The molecule has 0 spiro atoms. The van der Waals surface area contributed by atoms with Crippen molar-refractivity contribution in [2.24, 2.45) is 0 Å². The van der Waals surface area contributed by atoms with Crippen LogP contribution in [0.4, 0.5) is 0 Å². The van der Waals surface area contributed by atoms with Crippen LogP contribution in [0.3, 0.4) is 0 Å². The average molecular weight is 239 g/mol. The number of hydrogen-bond acceptors (Lipinski definition) is 3. The third-order valence-electron chi connectivity index (χ3n) is 2.26. The van der Waals surface area contributed by atoms with E-state index in [4.69, 9.17) is 0 Å². The van der Waals surface area contributed by atoms with Crippen molar-refractivity contribution in [3.8, 4) is 0 Å². The number of aliphatic hydroxyl groups excluding tert-OH is 1. The Morgan fingerprint density at radius 1 is 1.25 bits per heavy atom. The van der Waals surface area contributed by atoms with Crippen LogP contribution in [0.1, 0.15) is 19.4 Å². The molecule has 90 valence electrons. The summed E-state index contributed by atoms with van der Waals surface area (Å²) in [5.41, 5.74) is 1.28. The largest absolute Gasteiger partial charge is 0.395 e. The molecule has 0 aromatic heterocycles. The number of rotatable bonds is 6. The summed E-state index contributed by atoms with van der Waals surface area (Å²) in [6, 6.07) is 9.08. The van der Waals surface area contributed by atoms with Crippen LogP contribution in [-0.4, -0.2) is 29.5 Å². The number of benzene rings is 1. The highest BCUT2D eigenvalue weighted by atomic mass is 32.2. The minimum atomic E-state index is 0.173. The van der Waals surface area contributed by atoms with Crippen LogP contribution in [0.25, 0.3) is 0 Å². The monoisotopic (exact) mass is 239 g/mol. The van der Waals surface area contributed by atoms with E-state index in [1.54, 1.807) is 11.8 Å². The molecule has 0 aliphatic rings. The van der Waals surface area contributed by atoms with E-state index in [0.29, 0.717) is 6.04 Å². The van der Waals surface area contributed by atoms with E-state index in [-0.39, 0.29) is 12.6 Å². The Labute approximate surface area is 102 Å². The molecular weight excluding hydrogens is 218 g/mol. The van der Waals surface area contributed by atoms with Crippen molar-refractivity contribution < 1.29 is 5.11 Å². The summed E-state index contributed by atoms with van der Waals surface area (Å²) in [7, 11) is 0. The van der Waals surface area contributed by atoms with Crippen LogP contribution < -0.4 is 5.32 Å². The maximum Gasteiger partial charge on any atom is 0.0592 e. The second kappa shape index (κ2) is 6.94. The highest BCUT2D eigenvalue weighted by molar-refractivity contribution is 7.99. The van der Waals surface area contributed by atoms with Gasteiger partial charge in [-0.3, -0.25) is 0 Å². The Morgan fingerprint density at radius 3 is 2.38 bits per heavy atom. The SMILES string of the molecule is Cc1ccc(SCC(CO)NC(C)C)cc1. The van der Waals surface area contributed by atoms with Gasteiger partial charge >= 0.3 is 0 Å². The zero-order valence-electron chi connectivity index (χ0n) is 10.2. The van der Waals surface area contributed by atoms with E-state index in [0.717, 1.165) is 5.75 Å². The van der Waals surface area contributed by atoms with Gasteiger partial charge in [0.2, 0.25) is 0 Å². The molecule has 0 radical (unpaired) electrons. The maximum absolute atomic E-state index is 9.22. The molecule has 1 atom stereocenters. The summed E-state index contributed by atoms with van der Waals surface area (Å²) in [4.78, 5) is 1.26. The van der Waals surface area contributed by atoms with Crippen LogP contribution >= 0.6 is 11.8 Å². The van der Waals surface area contributed by atoms with Crippen molar-refractivity contribution in [1.82, 2.24) is 5.32 Å². The zero-order chi connectivity index (χ0) is 12.0. The average Bonchev–Trinajstić information content (AvgIpc) is 2.26. The lowest BCUT2D eigenvalue weighted by Gasteiger charge is -2.18. The van der Waals surface area contributed by atoms with Gasteiger partial charge < -0.3 is 10.4 Å². The van der Waals surface area contributed by atoms with Gasteiger partial charge in [-0.15, -0.1) is 11.8 Å². The molecule has 2 nitrogen and oxygen atoms in total. The lowest BCUT2D eigenvalue weighted by atomic mass is 10.2. The molecule has 0 saturated heterocycles. The number of thioether (sulfide) groups is 1. The third kappa shape index (κ3) is 5.01. The van der Waals surface area contributed by atoms with Gasteiger partial charge in [0.05, 0.1) is 6.61 Å². The Kier molecular flexibility index (Phi) is 5.88. The van der Waals surface area contributed by atoms with Crippen molar-refractivity contribution in [1.29, 1.82) is 0 Å². The topological polar surface area (TPSA) is 32.3 Å². The summed E-state index contributed by atoms with van der Waals surface area (Å²) < 4.78 is 0. The third-order valence-corrected chi connectivity index (χ3v) is 3.44. The van der Waals surface area contributed by atoms with Crippen LogP contribution in [0.15, 0.2) is 29.2 Å². The van der Waals surface area contributed by atoms with Crippen LogP contribution in [-0.2, 0) is 0 Å². The van der Waals surface area contributed by atoms with Gasteiger partial charge in [-0.25, -0.2) is 0 Å². The molecule has 1 unspecified atom stereocenters. The molecule has 0 fully saturated rings. The zero-order valence-corrected chi connectivity index (χ0v) is 11.1. The summed E-state index contributed by atoms with van der Waals surface area (Å²) >= 11 is 1.78. The lowest BCUT2D eigenvalue weighted by Crippen LogP contribution is -2.39. The van der Waals surface area contributed by atoms with Crippen molar-refractivity contribution in [2.75, 3.05) is 12.4 Å². The predicted octanol–water partition coefficient (Wildman–Crippen LogP) is 2.45. The summed E-state index contributed by atoms with van der Waals surface area (Å²) in [5, 5.41) is 12.6. The minimum absolute atomic E-state index is 0.173. The van der Waals surface area contributed by atoms with Gasteiger partial charge in [0.1, 0.15) is 0 Å². The Balaban J connectivity index is 2.40. The van der Waals surface area contributed by atoms with E-state index in [9.17, 15) is 5.11 Å². The van der Waals surface area contributed by atoms with Gasteiger partial charge in [-0.05, 0) is 19.1 Å². The number of aliphatic hydroxyl groups is 1. The van der Waals surface area contributed by atoms with Crippen molar-refractivity contribution >= 4 is 11.8 Å². The molecule has 0 amide bonds. The summed E-state index contributed by atoms with van der Waals surface area (Å²) in [6.45, 7) is 6.47. The van der Waals surface area contributed by atoms with Crippen molar-refractivity contribution in [3.63, 3.8) is 0 Å². The van der Waals surface area contributed by atoms with E-state index in [1.807, 2.05) is 0 Å². The Hall–Kier alpha value is -0.510. The first-order valence-electron chi connectivity index (χ1n) is 5.68. The molecule has 16 heavy (non-hydrogen) atoms. The number of hydrogen-bond donors (Lipinski definition) is 2. The molecule has 0 aliphatic heterocycles. The van der Waals surface area contributed by atoms with Crippen molar-refractivity contribution in [3.05, 3.63) is 29.8 Å². The molecule has 0 saturated carbocycles. The highest BCUT2D eigenvalue weighted by Crippen LogP contribution is 2.19. The van der Waals surface area contributed by atoms with Gasteiger partial charge in [0, 0.05) is 22.7 Å². The molecule has 2 N–H and O–H groups in total. The Morgan fingerprint density at radius 2 is 1.88 bits per heavy atom. The smallest absolute Gasteiger partial charge is 0.0592 e. The van der Waals surface area contributed by atoms with Gasteiger partial charge in [-0.2, -0.15) is 0 Å². The fourth-order valence-corrected chi connectivity index (χ4v) is 2.38. The van der Waals surface area contributed by atoms with E-state index in [1.165, 1.54) is 10.5 Å². The van der Waals surface area contributed by atoms with Crippen LogP contribution in [0.2, 0.25) is 0 Å². The van der Waals surface area contributed by atoms with E-state index >= 15 is 0 Å². The number of aryl methyl sites for hydroxylation is 1. The molecule has 1 aromatic rings. The molecule has 0 aliphatic carbocycles. The van der Waals surface area contributed by atoms with E-state index < -0.39 is 0 Å². The van der Waals surface area contributed by atoms with Crippen LogP contribution in [0, 0.1) is 6.92 Å². The molecule has 0 heterocycles. The molecule has 0 bridgehead atoms. The number of nitrogens with one attached hydrogen (secondary N) is 1. The van der Waals surface area contributed by atoms with E-state index in [2.05, 4.69) is 50.4 Å². The fraction of sp³-hybridized carbons (Fsp3) is 0.538. The summed E-state index contributed by atoms with van der Waals surface area (Å²) in [5.74, 6) is 0.901. The van der Waals surface area contributed by atoms with Gasteiger partial charge in [0.15, 0.2) is 0 Å². The quantitative estimate of drug-likeness (QED) is 0.748. The van der Waals surface area contributed by atoms with Crippen LogP contribution in [0.5, 0.6) is 0 Å². The first-order valence-corrected chi connectivity index (χ1v) is 6.66. The normalized spacial score (nSPS) is 13.1. The highest BCUT2D eigenvalue weighted by Gasteiger charge is 2.08. The standard InChI is InChI=1S/C13H21NOS/c1-10(2)14-12(8-15)9-16-13-6-4-11(3)5-7-13/h4-7,10,12,14-15H,8-9H2,1-3H3. The lowest BCUT2D eigenvalue weighted by molar-refractivity contribution is 0.247. The summed E-state index contributed by atoms with van der Waals surface area (Å²) in [6.07, 6.45) is 0. The minimum Gasteiger partial charge on any atom is -0.395 e. The second-order valence-corrected chi connectivity index (χ2v) is 5.42. The first kappa shape index (κ1) is 13.6. The fourth-order valence-electron chi connectivity index (χ4n) is 1.46. The predicted molar refractivity (Wildman–Crippen MR) is 71.0 cm³/mol. The molecule has 1 rings (SSSR count). The maximum atomic E-state index is 9.22. The Bertz CT molecular complexity index is 297.